The van der Waals surface area contributed by atoms with Crippen LogP contribution in [0.5, 0.6) is 24.0 Å². The molecular formula is C84H113F2N25O12. The first-order valence-electron chi connectivity index (χ1n) is 41.3. The van der Waals surface area contributed by atoms with Crippen LogP contribution in [0.15, 0.2) is 116 Å². The van der Waals surface area contributed by atoms with Gasteiger partial charge in [0, 0.05) is 74.6 Å². The standard InChI is InChI=1S/C22H31N7O3.C22H30N6O3.C21H28N6O3.C19H24F2N6O3/c1-27-7-4-8-28(10-9-27)14-16-5-3-6-17(13-16)15-29-20-18(24-22(29)30)19(23)25-21(26-20)32-12-11-31-2;1-30-11-12-31-21-25-19(23)18-20(26-21)28(22(29)24-18)15-17-8-6-7-16(13-17)14-27-9-4-2-3-5-10-27;1-29-10-11-30-20-24-18(22)17-19(25-20)27(21(28)23-17)14-16-7-5-6-15(12-16)13-26-8-3-2-4-9-26;1-19(20,21)11-23-9-12-4-3-5-13(8-12)10-27-16-14(24-18(27)28)15(22)25-17(26-16)30-7-6-29-2/h3,5-6,13H,4,7-12,14-15H2,1-2H3,(H,24,30)(H2,23,25,26);6-8,13H,2-5,9-12,14-15H2,1H3,(H,24,29)(H2,23,25,26);5-7,12H,2-4,8-11,13-14H2,1H3,(H,23,28)(H2,22,24,25);3-5,8,23H,6-7,9-11H2,1-2H3,(H,24,28)(H2,22,25,26). The maximum atomic E-state index is 13.0. The van der Waals surface area contributed by atoms with Gasteiger partial charge in [-0.2, -0.15) is 39.9 Å². The maximum Gasteiger partial charge on any atom is 0.328 e. The Bertz CT molecular complexity index is 5670. The number of benzene rings is 4. The Balaban J connectivity index is 0.000000150. The van der Waals surface area contributed by atoms with Gasteiger partial charge in [-0.25, -0.2) is 28.0 Å². The summed E-state index contributed by atoms with van der Waals surface area (Å²) in [5, 5.41) is 2.72. The fraction of sp³-hybridized carbons (Fsp3) is 0.476. The van der Waals surface area contributed by atoms with E-state index in [-0.39, 0.29) is 84.1 Å². The minimum atomic E-state index is -2.78. The molecule has 0 radical (unpaired) electrons. The smallest absolute Gasteiger partial charge is 0.328 e. The van der Waals surface area contributed by atoms with E-state index in [2.05, 4.69) is 128 Å². The number of alkyl halides is 2. The van der Waals surface area contributed by atoms with E-state index in [4.69, 9.17) is 60.8 Å². The van der Waals surface area contributed by atoms with Crippen molar-refractivity contribution in [3.05, 3.63) is 184 Å². The quantitative estimate of drug-likeness (QED) is 0.0198. The number of aromatic amines is 4. The van der Waals surface area contributed by atoms with Crippen LogP contribution in [0.3, 0.4) is 0 Å². The molecule has 13 N–H and O–H groups in total. The lowest BCUT2D eigenvalue weighted by Gasteiger charge is -2.26. The van der Waals surface area contributed by atoms with Gasteiger partial charge in [0.05, 0.1) is 59.2 Å². The third-order valence-corrected chi connectivity index (χ3v) is 20.9. The molecule has 39 heteroatoms. The fourth-order valence-electron chi connectivity index (χ4n) is 14.8. The van der Waals surface area contributed by atoms with Crippen molar-refractivity contribution in [2.75, 3.05) is 170 Å². The number of aromatic nitrogens is 16. The Hall–Kier alpha value is -11.8. The summed E-state index contributed by atoms with van der Waals surface area (Å²) in [7, 11) is 8.49. The third kappa shape index (κ3) is 25.9. The summed E-state index contributed by atoms with van der Waals surface area (Å²) in [4.78, 5) is 105. The molecular weight excluding hydrogens is 1590 g/mol. The third-order valence-electron chi connectivity index (χ3n) is 20.9. The molecule has 0 bridgehead atoms. The Morgan fingerprint density at radius 2 is 0.626 bits per heavy atom. The SMILES string of the molecule is COCCOc1nc(N)c2[nH]c(=O)n(Cc3cccc(CN4CCCCC4)c3)c2n1.COCCOc1nc(N)c2[nH]c(=O)n(Cc3cccc(CN4CCCCCC4)c3)c2n1.COCCOc1nc(N)c2[nH]c(=O)n(Cc3cccc(CN4CCCN(C)CC4)c3)c2n1.COCCOc1nc(N)c2[nH]c(=O)n(Cc3cccc(CNCC(C)(F)F)c3)c2n1. The Morgan fingerprint density at radius 3 is 0.927 bits per heavy atom. The van der Waals surface area contributed by atoms with Crippen molar-refractivity contribution in [3.8, 4) is 24.0 Å². The van der Waals surface area contributed by atoms with Crippen LogP contribution in [-0.2, 0) is 71.3 Å². The van der Waals surface area contributed by atoms with Crippen molar-refractivity contribution in [2.45, 2.75) is 117 Å². The van der Waals surface area contributed by atoms with Gasteiger partial charge in [0.25, 0.3) is 5.92 Å². The number of anilines is 4. The van der Waals surface area contributed by atoms with Crippen LogP contribution >= 0.6 is 0 Å². The van der Waals surface area contributed by atoms with Gasteiger partial charge >= 0.3 is 46.8 Å². The molecule has 12 aromatic rings. The number of hydrogen-bond acceptors (Lipinski definition) is 29. The van der Waals surface area contributed by atoms with E-state index in [0.29, 0.717) is 111 Å². The zero-order valence-corrected chi connectivity index (χ0v) is 70.7. The molecule has 15 rings (SSSR count). The van der Waals surface area contributed by atoms with Gasteiger partial charge in [-0.1, -0.05) is 116 Å². The zero-order chi connectivity index (χ0) is 86.8. The number of nitrogens with zero attached hydrogens (tertiary/aromatic N) is 16. The second-order valence-electron chi connectivity index (χ2n) is 30.7. The molecule has 660 valence electrons. The number of nitrogen functional groups attached to an aromatic ring is 4. The van der Waals surface area contributed by atoms with E-state index < -0.39 is 18.2 Å². The molecule has 3 fully saturated rings. The molecule has 8 aromatic heterocycles. The monoisotopic (exact) mass is 1700 g/mol. The van der Waals surface area contributed by atoms with Crippen LogP contribution in [0, 0.1) is 0 Å². The molecule has 0 unspecified atom stereocenters. The average molecular weight is 1700 g/mol. The summed E-state index contributed by atoms with van der Waals surface area (Å²) in [6.45, 7) is 16.5. The highest BCUT2D eigenvalue weighted by Crippen LogP contribution is 2.26. The predicted molar refractivity (Wildman–Crippen MR) is 464 cm³/mol. The first-order chi connectivity index (χ1) is 59.6. The van der Waals surface area contributed by atoms with Crippen LogP contribution in [0.25, 0.3) is 44.7 Å². The van der Waals surface area contributed by atoms with Crippen molar-refractivity contribution in [2.24, 2.45) is 0 Å². The van der Waals surface area contributed by atoms with E-state index in [1.807, 2.05) is 54.6 Å². The number of methoxy groups -OCH3 is 4. The second kappa shape index (κ2) is 44.3. The van der Waals surface area contributed by atoms with Gasteiger partial charge in [-0.05, 0) is 123 Å². The van der Waals surface area contributed by atoms with E-state index in [9.17, 15) is 28.0 Å². The van der Waals surface area contributed by atoms with Crippen LogP contribution in [0.2, 0.25) is 0 Å². The van der Waals surface area contributed by atoms with Gasteiger partial charge in [-0.3, -0.25) is 33.0 Å². The van der Waals surface area contributed by atoms with Crippen molar-refractivity contribution in [3.63, 3.8) is 0 Å². The van der Waals surface area contributed by atoms with E-state index in [1.165, 1.54) is 72.6 Å². The topological polar surface area (TPSA) is 457 Å². The lowest BCUT2D eigenvalue weighted by Crippen LogP contribution is -2.29. The number of nitrogens with one attached hydrogen (secondary N) is 5. The summed E-state index contributed by atoms with van der Waals surface area (Å²) in [5.41, 5.74) is 34.4. The molecule has 3 aliphatic rings. The molecule has 3 aliphatic heterocycles. The molecule has 0 atom stereocenters. The minimum Gasteiger partial charge on any atom is -0.461 e. The number of halogens is 2. The van der Waals surface area contributed by atoms with Gasteiger partial charge < -0.3 is 91.0 Å². The zero-order valence-electron chi connectivity index (χ0n) is 70.7. The normalized spacial score (nSPS) is 14.5. The van der Waals surface area contributed by atoms with E-state index in [1.54, 1.807) is 48.2 Å². The molecule has 0 saturated carbocycles. The van der Waals surface area contributed by atoms with E-state index in [0.717, 1.165) is 107 Å². The maximum absolute atomic E-state index is 13.0. The molecule has 11 heterocycles. The number of likely N-dealkylation sites (N-methyl/N-ethyl adjacent to an activating group) is 1. The van der Waals surface area contributed by atoms with Gasteiger partial charge in [-0.15, -0.1) is 0 Å². The highest BCUT2D eigenvalue weighted by molar-refractivity contribution is 5.84. The molecule has 3 saturated heterocycles. The van der Waals surface area contributed by atoms with Crippen LogP contribution in [-0.4, -0.2) is 251 Å². The highest BCUT2D eigenvalue weighted by Gasteiger charge is 2.24. The average Bonchev–Trinajstić information content (AvgIpc) is 1.65. The second-order valence-corrected chi connectivity index (χ2v) is 30.7. The fourth-order valence-corrected chi connectivity index (χ4v) is 14.8. The first-order valence-corrected chi connectivity index (χ1v) is 41.3. The summed E-state index contributed by atoms with van der Waals surface area (Å²) in [5.74, 6) is -2.14. The number of H-pyrrole nitrogens is 4. The molecule has 0 amide bonds. The molecule has 123 heavy (non-hydrogen) atoms. The summed E-state index contributed by atoms with van der Waals surface area (Å²) >= 11 is 0. The number of imidazole rings is 4. The highest BCUT2D eigenvalue weighted by atomic mass is 19.3. The van der Waals surface area contributed by atoms with Crippen LogP contribution in [0.1, 0.15) is 103 Å². The predicted octanol–water partition coefficient (Wildman–Crippen LogP) is 6.35. The molecule has 37 nitrogen and oxygen atoms in total. The lowest BCUT2D eigenvalue weighted by atomic mass is 10.1. The van der Waals surface area contributed by atoms with Crippen molar-refractivity contribution >= 4 is 67.9 Å². The number of likely N-dealkylation sites (tertiary alicyclic amines) is 2. The Labute approximate surface area is 708 Å². The summed E-state index contributed by atoms with van der Waals surface area (Å²) in [6.07, 6.45) is 10.2. The van der Waals surface area contributed by atoms with Gasteiger partial charge in [0.1, 0.15) is 48.5 Å². The number of nitrogens with two attached hydrogens (primary N) is 4. The lowest BCUT2D eigenvalue weighted by molar-refractivity contribution is 0.0224. The first kappa shape index (κ1) is 90.4. The van der Waals surface area contributed by atoms with Gasteiger partial charge in [0.2, 0.25) is 0 Å². The molecule has 4 aromatic carbocycles. The van der Waals surface area contributed by atoms with Gasteiger partial charge in [0.15, 0.2) is 45.9 Å². The number of fused-ring (bicyclic) bond motifs is 4. The number of piperidine rings is 1. The molecule has 0 aliphatic carbocycles. The molecule has 0 spiro atoms. The Kier molecular flexibility index (Phi) is 32.6. The summed E-state index contributed by atoms with van der Waals surface area (Å²) in [6, 6.07) is 32.8. The minimum absolute atomic E-state index is 0.0447. The van der Waals surface area contributed by atoms with Crippen LogP contribution in [0.4, 0.5) is 32.1 Å². The largest absolute Gasteiger partial charge is 0.461 e. The number of ether oxygens (including phenoxy) is 8. The van der Waals surface area contributed by atoms with Crippen molar-refractivity contribution in [1.82, 2.24) is 103 Å². The van der Waals surface area contributed by atoms with Crippen LogP contribution < -0.4 is 70.0 Å². The van der Waals surface area contributed by atoms with Crippen molar-refractivity contribution < 1.29 is 46.7 Å². The Morgan fingerprint density at radius 1 is 0.358 bits per heavy atom. The van der Waals surface area contributed by atoms with Crippen molar-refractivity contribution in [1.29, 1.82) is 0 Å². The number of hydrogen-bond donors (Lipinski definition) is 9. The number of rotatable bonds is 34. The summed E-state index contributed by atoms with van der Waals surface area (Å²) < 4.78 is 73.8. The van der Waals surface area contributed by atoms with E-state index >= 15 is 0 Å².